The zero-order chi connectivity index (χ0) is 10.8. The van der Waals surface area contributed by atoms with Crippen molar-refractivity contribution >= 4 is 23.2 Å². The van der Waals surface area contributed by atoms with Gasteiger partial charge in [0.25, 0.3) is 0 Å². The number of nitrogens with two attached hydrogens (primary N) is 1. The molecule has 2 N–H and O–H groups in total. The van der Waals surface area contributed by atoms with Gasteiger partial charge in [0.15, 0.2) is 0 Å². The van der Waals surface area contributed by atoms with Gasteiger partial charge in [-0.1, -0.05) is 36.2 Å². The van der Waals surface area contributed by atoms with Crippen LogP contribution in [0.3, 0.4) is 0 Å². The van der Waals surface area contributed by atoms with Crippen molar-refractivity contribution in [2.24, 2.45) is 5.73 Å². The van der Waals surface area contributed by atoms with Crippen LogP contribution in [-0.2, 0) is 6.42 Å². The predicted octanol–water partition coefficient (Wildman–Crippen LogP) is 3.66. The van der Waals surface area contributed by atoms with Gasteiger partial charge in [0.2, 0.25) is 0 Å². The Kier molecular flexibility index (Phi) is 3.82. The van der Waals surface area contributed by atoms with Gasteiger partial charge in [-0.3, -0.25) is 0 Å². The lowest BCUT2D eigenvalue weighted by Crippen LogP contribution is -2.37. The van der Waals surface area contributed by atoms with Gasteiger partial charge >= 0.3 is 0 Å². The summed E-state index contributed by atoms with van der Waals surface area (Å²) >= 11 is 12.1. The fourth-order valence-corrected chi connectivity index (χ4v) is 1.76. The molecule has 0 saturated heterocycles. The van der Waals surface area contributed by atoms with E-state index in [0.29, 0.717) is 16.5 Å². The molecule has 0 aliphatic rings. The molecule has 1 unspecified atom stereocenters. The average molecular weight is 232 g/mol. The largest absolute Gasteiger partial charge is 0.325 e. The molecule has 14 heavy (non-hydrogen) atoms. The fourth-order valence-electron chi connectivity index (χ4n) is 1.23. The number of rotatable bonds is 3. The lowest BCUT2D eigenvalue weighted by atomic mass is 9.91. The molecule has 0 aliphatic carbocycles. The maximum Gasteiger partial charge on any atom is 0.0453 e. The first-order valence-corrected chi connectivity index (χ1v) is 5.43. The van der Waals surface area contributed by atoms with Gasteiger partial charge in [-0.25, -0.2) is 0 Å². The molecule has 0 amide bonds. The first-order valence-electron chi connectivity index (χ1n) is 4.68. The minimum absolute atomic E-state index is 0.241. The smallest absolute Gasteiger partial charge is 0.0453 e. The molecular formula is C11H15Cl2N. The van der Waals surface area contributed by atoms with E-state index in [1.165, 1.54) is 0 Å². The van der Waals surface area contributed by atoms with Crippen LogP contribution in [0.5, 0.6) is 0 Å². The van der Waals surface area contributed by atoms with Crippen LogP contribution >= 0.6 is 23.2 Å². The highest BCUT2D eigenvalue weighted by Gasteiger charge is 2.19. The van der Waals surface area contributed by atoms with Gasteiger partial charge in [0.05, 0.1) is 0 Å². The van der Waals surface area contributed by atoms with Crippen molar-refractivity contribution in [2.45, 2.75) is 32.2 Å². The summed E-state index contributed by atoms with van der Waals surface area (Å²) in [5.41, 5.74) is 6.77. The van der Waals surface area contributed by atoms with E-state index in [4.69, 9.17) is 28.9 Å². The summed E-state index contributed by atoms with van der Waals surface area (Å²) in [5, 5.41) is 1.39. The van der Waals surface area contributed by atoms with Crippen LogP contribution in [0, 0.1) is 0 Å². The molecule has 0 aliphatic heterocycles. The van der Waals surface area contributed by atoms with Crippen LogP contribution in [0.1, 0.15) is 25.8 Å². The molecule has 0 spiro atoms. The van der Waals surface area contributed by atoms with Gasteiger partial charge in [0, 0.05) is 15.6 Å². The molecule has 3 heteroatoms. The first-order chi connectivity index (χ1) is 6.46. The molecule has 1 rings (SSSR count). The van der Waals surface area contributed by atoms with Gasteiger partial charge in [0.1, 0.15) is 0 Å². The zero-order valence-corrected chi connectivity index (χ0v) is 9.99. The molecule has 0 saturated carbocycles. The highest BCUT2D eigenvalue weighted by atomic mass is 35.5. The van der Waals surface area contributed by atoms with Crippen molar-refractivity contribution in [1.82, 2.24) is 0 Å². The maximum absolute atomic E-state index is 6.07. The molecule has 0 aromatic heterocycles. The Labute approximate surface area is 95.2 Å². The van der Waals surface area contributed by atoms with E-state index in [1.54, 1.807) is 0 Å². The van der Waals surface area contributed by atoms with Crippen molar-refractivity contribution in [2.75, 3.05) is 0 Å². The molecule has 0 fully saturated rings. The molecule has 0 radical (unpaired) electrons. The lowest BCUT2D eigenvalue weighted by molar-refractivity contribution is 0.450. The van der Waals surface area contributed by atoms with E-state index in [9.17, 15) is 0 Å². The number of hydrogen-bond donors (Lipinski definition) is 1. The van der Waals surface area contributed by atoms with Crippen LogP contribution in [0.2, 0.25) is 10.0 Å². The van der Waals surface area contributed by atoms with Crippen molar-refractivity contribution in [1.29, 1.82) is 0 Å². The normalized spacial score (nSPS) is 15.2. The van der Waals surface area contributed by atoms with E-state index < -0.39 is 0 Å². The van der Waals surface area contributed by atoms with Crippen molar-refractivity contribution < 1.29 is 0 Å². The second-order valence-electron chi connectivity index (χ2n) is 3.88. The van der Waals surface area contributed by atoms with Crippen LogP contribution in [-0.4, -0.2) is 5.54 Å². The number of halogens is 2. The van der Waals surface area contributed by atoms with Crippen LogP contribution in [0.25, 0.3) is 0 Å². The van der Waals surface area contributed by atoms with Crippen molar-refractivity contribution in [3.63, 3.8) is 0 Å². The van der Waals surface area contributed by atoms with Gasteiger partial charge in [-0.05, 0) is 37.5 Å². The summed E-state index contributed by atoms with van der Waals surface area (Å²) in [6, 6.07) is 5.52. The van der Waals surface area contributed by atoms with Gasteiger partial charge in [-0.2, -0.15) is 0 Å². The Morgan fingerprint density at radius 3 is 2.21 bits per heavy atom. The summed E-state index contributed by atoms with van der Waals surface area (Å²) in [6.45, 7) is 4.07. The number of hydrogen-bond acceptors (Lipinski definition) is 1. The Morgan fingerprint density at radius 2 is 1.79 bits per heavy atom. The van der Waals surface area contributed by atoms with Crippen molar-refractivity contribution in [3.05, 3.63) is 33.8 Å². The molecule has 78 valence electrons. The lowest BCUT2D eigenvalue weighted by Gasteiger charge is -2.23. The Morgan fingerprint density at radius 1 is 1.29 bits per heavy atom. The van der Waals surface area contributed by atoms with E-state index in [0.717, 1.165) is 12.0 Å². The third-order valence-electron chi connectivity index (χ3n) is 2.45. The van der Waals surface area contributed by atoms with E-state index in [2.05, 4.69) is 6.92 Å². The summed E-state index contributed by atoms with van der Waals surface area (Å²) in [7, 11) is 0. The van der Waals surface area contributed by atoms with Crippen molar-refractivity contribution in [3.8, 4) is 0 Å². The monoisotopic (exact) mass is 231 g/mol. The van der Waals surface area contributed by atoms with Crippen LogP contribution < -0.4 is 5.73 Å². The standard InChI is InChI=1S/C11H15Cl2N/c1-3-11(2,14)7-8-9(12)5-4-6-10(8)13/h4-6H,3,7,14H2,1-2H3. The minimum atomic E-state index is -0.241. The highest BCUT2D eigenvalue weighted by molar-refractivity contribution is 6.36. The second kappa shape index (κ2) is 4.52. The van der Waals surface area contributed by atoms with Gasteiger partial charge < -0.3 is 5.73 Å². The van der Waals surface area contributed by atoms with Gasteiger partial charge in [-0.15, -0.1) is 0 Å². The summed E-state index contributed by atoms with van der Waals surface area (Å²) in [6.07, 6.45) is 1.61. The highest BCUT2D eigenvalue weighted by Crippen LogP contribution is 2.28. The molecule has 0 bridgehead atoms. The Bertz CT molecular complexity index is 301. The number of benzene rings is 1. The fraction of sp³-hybridized carbons (Fsp3) is 0.455. The molecule has 0 heterocycles. The average Bonchev–Trinajstić information content (AvgIpc) is 2.12. The second-order valence-corrected chi connectivity index (χ2v) is 4.70. The topological polar surface area (TPSA) is 26.0 Å². The van der Waals surface area contributed by atoms with Crippen LogP contribution in [0.15, 0.2) is 18.2 Å². The molecule has 1 nitrogen and oxygen atoms in total. The Hall–Kier alpha value is -0.240. The summed E-state index contributed by atoms with van der Waals surface area (Å²) in [4.78, 5) is 0. The third-order valence-corrected chi connectivity index (χ3v) is 3.16. The zero-order valence-electron chi connectivity index (χ0n) is 8.48. The van der Waals surface area contributed by atoms with E-state index in [1.807, 2.05) is 25.1 Å². The molecule has 1 aromatic rings. The molecule has 1 aromatic carbocycles. The molecular weight excluding hydrogens is 217 g/mol. The maximum atomic E-state index is 6.07. The summed E-state index contributed by atoms with van der Waals surface area (Å²) < 4.78 is 0. The third kappa shape index (κ3) is 2.88. The molecule has 1 atom stereocenters. The first kappa shape index (κ1) is 11.8. The Balaban J connectivity index is 2.97. The summed E-state index contributed by atoms with van der Waals surface area (Å²) in [5.74, 6) is 0. The predicted molar refractivity (Wildman–Crippen MR) is 63.0 cm³/mol. The van der Waals surface area contributed by atoms with E-state index >= 15 is 0 Å². The SMILES string of the molecule is CCC(C)(N)Cc1c(Cl)cccc1Cl. The van der Waals surface area contributed by atoms with E-state index in [-0.39, 0.29) is 5.54 Å². The quantitative estimate of drug-likeness (QED) is 0.845. The van der Waals surface area contributed by atoms with Crippen LogP contribution in [0.4, 0.5) is 0 Å². The minimum Gasteiger partial charge on any atom is -0.325 e.